The second kappa shape index (κ2) is 6.51. The van der Waals surface area contributed by atoms with Gasteiger partial charge in [-0.2, -0.15) is 0 Å². The predicted molar refractivity (Wildman–Crippen MR) is 77.3 cm³/mol. The Kier molecular flexibility index (Phi) is 4.73. The normalized spacial score (nSPS) is 18.9. The smallest absolute Gasteiger partial charge is 0.276 e. The lowest BCUT2D eigenvalue weighted by Gasteiger charge is -2.33. The molecule has 1 fully saturated rings. The summed E-state index contributed by atoms with van der Waals surface area (Å²) >= 11 is 0. The number of anilines is 2. The van der Waals surface area contributed by atoms with Crippen LogP contribution in [0.4, 0.5) is 17.3 Å². The summed E-state index contributed by atoms with van der Waals surface area (Å²) < 4.78 is 5.65. The molecule has 0 radical (unpaired) electrons. The van der Waals surface area contributed by atoms with Crippen molar-refractivity contribution in [3.05, 3.63) is 22.2 Å². The molecule has 1 saturated heterocycles. The van der Waals surface area contributed by atoms with Crippen molar-refractivity contribution < 1.29 is 9.66 Å². The molecule has 0 aliphatic carbocycles. The van der Waals surface area contributed by atoms with Crippen molar-refractivity contribution in [3.63, 3.8) is 0 Å². The minimum absolute atomic E-state index is 0.0536. The number of nitrogens with zero attached hydrogens (tertiary/aromatic N) is 3. The summed E-state index contributed by atoms with van der Waals surface area (Å²) in [7, 11) is 1.70. The Labute approximate surface area is 118 Å². The first-order valence-electron chi connectivity index (χ1n) is 6.84. The van der Waals surface area contributed by atoms with Crippen molar-refractivity contribution in [1.29, 1.82) is 0 Å². The van der Waals surface area contributed by atoms with E-state index in [9.17, 15) is 10.1 Å². The second-order valence-electron chi connectivity index (χ2n) is 4.74. The van der Waals surface area contributed by atoms with Gasteiger partial charge in [0.2, 0.25) is 0 Å². The molecule has 1 aliphatic heterocycles. The van der Waals surface area contributed by atoms with Crippen LogP contribution < -0.4 is 10.2 Å². The van der Waals surface area contributed by atoms with Crippen LogP contribution in [-0.4, -0.2) is 42.8 Å². The van der Waals surface area contributed by atoms with Gasteiger partial charge >= 0.3 is 0 Å². The number of hydrogen-bond donors (Lipinski definition) is 1. The molecule has 1 unspecified atom stereocenters. The van der Waals surface area contributed by atoms with Gasteiger partial charge in [-0.15, -0.1) is 0 Å². The molecule has 7 nitrogen and oxygen atoms in total. The van der Waals surface area contributed by atoms with Crippen molar-refractivity contribution >= 4 is 17.3 Å². The molecular weight excluding hydrogens is 260 g/mol. The fourth-order valence-electron chi connectivity index (χ4n) is 2.42. The molecule has 2 rings (SSSR count). The van der Waals surface area contributed by atoms with Gasteiger partial charge < -0.3 is 15.0 Å². The second-order valence-corrected chi connectivity index (χ2v) is 4.74. The quantitative estimate of drug-likeness (QED) is 0.656. The largest absolute Gasteiger partial charge is 0.377 e. The molecule has 0 spiro atoms. The van der Waals surface area contributed by atoms with Gasteiger partial charge in [0.05, 0.1) is 23.2 Å². The van der Waals surface area contributed by atoms with Crippen molar-refractivity contribution in [2.45, 2.75) is 25.9 Å². The van der Waals surface area contributed by atoms with Crippen molar-refractivity contribution in [1.82, 2.24) is 4.98 Å². The van der Waals surface area contributed by atoms with Gasteiger partial charge in [-0.1, -0.05) is 0 Å². The molecule has 0 saturated carbocycles. The molecule has 20 heavy (non-hydrogen) atoms. The van der Waals surface area contributed by atoms with E-state index in [0.29, 0.717) is 18.2 Å². The zero-order valence-electron chi connectivity index (χ0n) is 11.8. The Morgan fingerprint density at radius 2 is 2.40 bits per heavy atom. The number of aromatic nitrogens is 1. The van der Waals surface area contributed by atoms with Crippen LogP contribution in [-0.2, 0) is 4.74 Å². The number of nitrogens with one attached hydrogen (secondary N) is 1. The highest BCUT2D eigenvalue weighted by molar-refractivity contribution is 5.56. The summed E-state index contributed by atoms with van der Waals surface area (Å²) in [5.41, 5.74) is 0.0536. The highest BCUT2D eigenvalue weighted by atomic mass is 16.6. The van der Waals surface area contributed by atoms with Crippen molar-refractivity contribution in [3.8, 4) is 0 Å². The van der Waals surface area contributed by atoms with E-state index in [1.54, 1.807) is 7.05 Å². The number of rotatable bonds is 5. The number of pyridine rings is 1. The van der Waals surface area contributed by atoms with Crippen LogP contribution in [0.5, 0.6) is 0 Å². The van der Waals surface area contributed by atoms with Gasteiger partial charge in [0.25, 0.3) is 5.69 Å². The zero-order valence-corrected chi connectivity index (χ0v) is 11.8. The SMILES string of the molecule is CCOC1CCCN(c2cc([N+](=O)[O-])cc(NC)n2)C1. The fraction of sp³-hybridized carbons (Fsp3) is 0.615. The summed E-state index contributed by atoms with van der Waals surface area (Å²) in [6.07, 6.45) is 2.20. The molecule has 2 heterocycles. The number of piperidine rings is 1. The molecule has 1 aliphatic rings. The maximum absolute atomic E-state index is 11.0. The van der Waals surface area contributed by atoms with E-state index in [0.717, 1.165) is 25.9 Å². The van der Waals surface area contributed by atoms with Crippen molar-refractivity contribution in [2.75, 3.05) is 37.0 Å². The average Bonchev–Trinajstić information content (AvgIpc) is 2.47. The fourth-order valence-corrected chi connectivity index (χ4v) is 2.42. The summed E-state index contributed by atoms with van der Waals surface area (Å²) in [6.45, 7) is 4.23. The van der Waals surface area contributed by atoms with E-state index in [-0.39, 0.29) is 11.8 Å². The molecule has 1 N–H and O–H groups in total. The molecule has 110 valence electrons. The molecule has 1 atom stereocenters. The van der Waals surface area contributed by atoms with Gasteiger partial charge in [0.15, 0.2) is 0 Å². The lowest BCUT2D eigenvalue weighted by Crippen LogP contribution is -2.40. The van der Waals surface area contributed by atoms with Crippen LogP contribution in [0, 0.1) is 10.1 Å². The number of nitro groups is 1. The third-order valence-corrected chi connectivity index (χ3v) is 3.37. The third-order valence-electron chi connectivity index (χ3n) is 3.37. The Hall–Kier alpha value is -1.89. The lowest BCUT2D eigenvalue weighted by molar-refractivity contribution is -0.384. The lowest BCUT2D eigenvalue weighted by atomic mass is 10.1. The highest BCUT2D eigenvalue weighted by Gasteiger charge is 2.23. The summed E-state index contributed by atoms with van der Waals surface area (Å²) in [5, 5.41) is 13.8. The first kappa shape index (κ1) is 14.5. The van der Waals surface area contributed by atoms with Crippen LogP contribution in [0.25, 0.3) is 0 Å². The third kappa shape index (κ3) is 3.36. The Morgan fingerprint density at radius 1 is 1.60 bits per heavy atom. The van der Waals surface area contributed by atoms with E-state index >= 15 is 0 Å². The van der Waals surface area contributed by atoms with Gasteiger partial charge in [0.1, 0.15) is 11.6 Å². The van der Waals surface area contributed by atoms with E-state index in [2.05, 4.69) is 15.2 Å². The van der Waals surface area contributed by atoms with Crippen LogP contribution in [0.3, 0.4) is 0 Å². The highest BCUT2D eigenvalue weighted by Crippen LogP contribution is 2.26. The summed E-state index contributed by atoms with van der Waals surface area (Å²) in [4.78, 5) is 17.0. The number of hydrogen-bond acceptors (Lipinski definition) is 6. The Morgan fingerprint density at radius 3 is 3.05 bits per heavy atom. The van der Waals surface area contributed by atoms with Gasteiger partial charge in [-0.05, 0) is 19.8 Å². The number of ether oxygens (including phenoxy) is 1. The monoisotopic (exact) mass is 280 g/mol. The van der Waals surface area contributed by atoms with Crippen LogP contribution >= 0.6 is 0 Å². The minimum Gasteiger partial charge on any atom is -0.377 e. The first-order valence-corrected chi connectivity index (χ1v) is 6.84. The van der Waals surface area contributed by atoms with Gasteiger partial charge in [-0.25, -0.2) is 4.98 Å². The maximum Gasteiger partial charge on any atom is 0.276 e. The Balaban J connectivity index is 2.22. The molecule has 1 aromatic rings. The van der Waals surface area contributed by atoms with E-state index in [4.69, 9.17) is 4.74 Å². The molecular formula is C13H20N4O3. The van der Waals surface area contributed by atoms with E-state index < -0.39 is 4.92 Å². The molecule has 1 aromatic heterocycles. The summed E-state index contributed by atoms with van der Waals surface area (Å²) in [5.74, 6) is 1.14. The van der Waals surface area contributed by atoms with Crippen LogP contribution in [0.15, 0.2) is 12.1 Å². The Bertz CT molecular complexity index is 479. The topological polar surface area (TPSA) is 80.5 Å². The average molecular weight is 280 g/mol. The van der Waals surface area contributed by atoms with Crippen molar-refractivity contribution in [2.24, 2.45) is 0 Å². The standard InChI is InChI=1S/C13H20N4O3/c1-3-20-11-5-4-6-16(9-11)13-8-10(17(18)19)7-12(14-2)15-13/h7-8,11H,3-6,9H2,1-2H3,(H,14,15). The zero-order chi connectivity index (χ0) is 14.5. The van der Waals surface area contributed by atoms with E-state index in [1.807, 2.05) is 6.92 Å². The van der Waals surface area contributed by atoms with Gasteiger partial charge in [0, 0.05) is 26.7 Å². The van der Waals surface area contributed by atoms with Crippen LogP contribution in [0.1, 0.15) is 19.8 Å². The van der Waals surface area contributed by atoms with E-state index in [1.165, 1.54) is 12.1 Å². The molecule has 0 bridgehead atoms. The molecule has 0 aromatic carbocycles. The summed E-state index contributed by atoms with van der Waals surface area (Å²) in [6, 6.07) is 2.96. The minimum atomic E-state index is -0.393. The maximum atomic E-state index is 11.0. The van der Waals surface area contributed by atoms with Crippen LogP contribution in [0.2, 0.25) is 0 Å². The first-order chi connectivity index (χ1) is 9.63. The molecule has 0 amide bonds. The predicted octanol–water partition coefficient (Wildman–Crippen LogP) is 2.04. The molecule has 7 heteroatoms. The van der Waals surface area contributed by atoms with Gasteiger partial charge in [-0.3, -0.25) is 10.1 Å².